The van der Waals surface area contributed by atoms with E-state index >= 15 is 0 Å². The van der Waals surface area contributed by atoms with E-state index in [0.717, 1.165) is 36.9 Å². The van der Waals surface area contributed by atoms with Crippen LogP contribution in [0.25, 0.3) is 0 Å². The Labute approximate surface area is 109 Å². The van der Waals surface area contributed by atoms with E-state index in [1.165, 1.54) is 17.9 Å². The first-order chi connectivity index (χ1) is 8.81. The molecule has 1 aliphatic heterocycles. The van der Waals surface area contributed by atoms with Crippen LogP contribution in [-0.4, -0.2) is 43.4 Å². The van der Waals surface area contributed by atoms with Gasteiger partial charge in [0.15, 0.2) is 0 Å². The molecule has 0 saturated carbocycles. The Morgan fingerprint density at radius 2 is 2.22 bits per heavy atom. The van der Waals surface area contributed by atoms with Gasteiger partial charge in [0.2, 0.25) is 5.13 Å². The molecule has 3 heterocycles. The van der Waals surface area contributed by atoms with Crippen molar-refractivity contribution in [3.63, 3.8) is 0 Å². The highest BCUT2D eigenvalue weighted by Gasteiger charge is 2.21. The maximum absolute atomic E-state index is 4.42. The minimum Gasteiger partial charge on any atom is -0.347 e. The highest BCUT2D eigenvalue weighted by Crippen LogP contribution is 2.21. The van der Waals surface area contributed by atoms with Gasteiger partial charge in [0.25, 0.3) is 0 Å². The van der Waals surface area contributed by atoms with Crippen LogP contribution in [0.5, 0.6) is 0 Å². The van der Waals surface area contributed by atoms with Crippen LogP contribution in [0.3, 0.4) is 0 Å². The van der Waals surface area contributed by atoms with Crippen LogP contribution in [0.1, 0.15) is 18.7 Å². The molecule has 18 heavy (non-hydrogen) atoms. The van der Waals surface area contributed by atoms with Crippen molar-refractivity contribution in [2.45, 2.75) is 25.8 Å². The number of nitrogens with one attached hydrogen (secondary N) is 1. The zero-order valence-corrected chi connectivity index (χ0v) is 11.0. The Kier molecular flexibility index (Phi) is 3.09. The third-order valence-corrected chi connectivity index (χ3v) is 3.88. The van der Waals surface area contributed by atoms with Crippen molar-refractivity contribution in [2.75, 3.05) is 23.4 Å². The lowest BCUT2D eigenvalue weighted by atomic mass is 10.1. The Balaban J connectivity index is 1.55. The number of anilines is 1. The summed E-state index contributed by atoms with van der Waals surface area (Å²) in [6.45, 7) is 3.93. The molecule has 0 unspecified atom stereocenters. The number of nitrogens with zero attached hydrogens (tertiary/aromatic N) is 6. The molecule has 1 aliphatic rings. The zero-order chi connectivity index (χ0) is 12.4. The van der Waals surface area contributed by atoms with Crippen LogP contribution in [0.4, 0.5) is 5.13 Å². The summed E-state index contributed by atoms with van der Waals surface area (Å²) in [5.41, 5.74) is 3.32. The first kappa shape index (κ1) is 11.4. The second-order valence-electron chi connectivity index (χ2n) is 4.35. The molecule has 0 radical (unpaired) electrons. The topological polar surface area (TPSA) is 71.8 Å². The van der Waals surface area contributed by atoms with Gasteiger partial charge in [-0.25, -0.2) is 9.97 Å². The van der Waals surface area contributed by atoms with Crippen LogP contribution in [0, 0.1) is 6.92 Å². The monoisotopic (exact) mass is 265 g/mol. The van der Waals surface area contributed by atoms with Gasteiger partial charge in [0.05, 0.1) is 0 Å². The van der Waals surface area contributed by atoms with E-state index in [4.69, 9.17) is 0 Å². The smallest absolute Gasteiger partial charge is 0.205 e. The largest absolute Gasteiger partial charge is 0.347 e. The van der Waals surface area contributed by atoms with Crippen molar-refractivity contribution in [3.8, 4) is 0 Å². The number of piperidine rings is 1. The molecular weight excluding hydrogens is 250 g/mol. The Hall–Kier alpha value is -1.70. The normalized spacial score (nSPS) is 17.1. The number of aromatic nitrogens is 5. The van der Waals surface area contributed by atoms with Crippen LogP contribution < -0.4 is 10.3 Å². The lowest BCUT2D eigenvalue weighted by Gasteiger charge is -2.31. The summed E-state index contributed by atoms with van der Waals surface area (Å²) in [6, 6.07) is 0.442. The van der Waals surface area contributed by atoms with Crippen molar-refractivity contribution < 1.29 is 0 Å². The SMILES string of the molecule is Cc1nsc(N2CCC(Nn3cncn3)CC2)n1. The fraction of sp³-hybridized carbons (Fsp3) is 0.600. The molecule has 0 bridgehead atoms. The van der Waals surface area contributed by atoms with E-state index in [0.29, 0.717) is 6.04 Å². The van der Waals surface area contributed by atoms with Gasteiger partial charge in [-0.15, -0.1) is 5.10 Å². The molecular formula is C10H15N7S. The molecule has 0 aliphatic carbocycles. The highest BCUT2D eigenvalue weighted by molar-refractivity contribution is 7.09. The summed E-state index contributed by atoms with van der Waals surface area (Å²) in [6.07, 6.45) is 5.35. The average Bonchev–Trinajstić information content (AvgIpc) is 3.02. The molecule has 3 rings (SSSR count). The Bertz CT molecular complexity index is 486. The second kappa shape index (κ2) is 4.89. The molecule has 1 N–H and O–H groups in total. The van der Waals surface area contributed by atoms with E-state index in [-0.39, 0.29) is 0 Å². The maximum atomic E-state index is 4.42. The Morgan fingerprint density at radius 1 is 1.39 bits per heavy atom. The lowest BCUT2D eigenvalue weighted by molar-refractivity contribution is 0.480. The molecule has 0 spiro atoms. The summed E-state index contributed by atoms with van der Waals surface area (Å²) >= 11 is 1.48. The van der Waals surface area contributed by atoms with E-state index in [1.807, 2.05) is 6.92 Å². The van der Waals surface area contributed by atoms with E-state index in [2.05, 4.69) is 29.8 Å². The summed E-state index contributed by atoms with van der Waals surface area (Å²) in [5, 5.41) is 5.09. The van der Waals surface area contributed by atoms with Crippen molar-refractivity contribution in [1.82, 2.24) is 24.2 Å². The predicted molar refractivity (Wildman–Crippen MR) is 69.3 cm³/mol. The molecule has 1 saturated heterocycles. The van der Waals surface area contributed by atoms with Crippen LogP contribution in [-0.2, 0) is 0 Å². The number of hydrogen-bond donors (Lipinski definition) is 1. The third-order valence-electron chi connectivity index (χ3n) is 3.02. The van der Waals surface area contributed by atoms with Crippen molar-refractivity contribution in [1.29, 1.82) is 0 Å². The average molecular weight is 265 g/mol. The zero-order valence-electron chi connectivity index (χ0n) is 10.2. The van der Waals surface area contributed by atoms with Gasteiger partial charge in [-0.1, -0.05) is 0 Å². The standard InChI is InChI=1S/C10H15N7S/c1-8-13-10(18-15-8)16-4-2-9(3-5-16)14-17-7-11-6-12-17/h6-7,9,14H,2-5H2,1H3. The summed E-state index contributed by atoms with van der Waals surface area (Å²) in [4.78, 5) is 12.3. The molecule has 0 atom stereocenters. The van der Waals surface area contributed by atoms with Gasteiger partial charge in [0.1, 0.15) is 18.5 Å². The minimum absolute atomic E-state index is 0.442. The number of hydrogen-bond acceptors (Lipinski definition) is 7. The van der Waals surface area contributed by atoms with E-state index in [9.17, 15) is 0 Å². The molecule has 1 fully saturated rings. The first-order valence-corrected chi connectivity index (χ1v) is 6.75. The highest BCUT2D eigenvalue weighted by atomic mass is 32.1. The van der Waals surface area contributed by atoms with Gasteiger partial charge in [-0.3, -0.25) is 0 Å². The fourth-order valence-electron chi connectivity index (χ4n) is 2.08. The van der Waals surface area contributed by atoms with Crippen molar-refractivity contribution >= 4 is 16.7 Å². The summed E-state index contributed by atoms with van der Waals surface area (Å²) in [5.74, 6) is 0.859. The van der Waals surface area contributed by atoms with Crippen LogP contribution in [0.15, 0.2) is 12.7 Å². The predicted octanol–water partition coefficient (Wildman–Crippen LogP) is 0.651. The second-order valence-corrected chi connectivity index (χ2v) is 5.08. The molecule has 0 aromatic carbocycles. The Morgan fingerprint density at radius 3 is 2.83 bits per heavy atom. The van der Waals surface area contributed by atoms with Gasteiger partial charge < -0.3 is 10.3 Å². The summed E-state index contributed by atoms with van der Waals surface area (Å²) < 4.78 is 4.22. The van der Waals surface area contributed by atoms with E-state index < -0.39 is 0 Å². The van der Waals surface area contributed by atoms with Crippen molar-refractivity contribution in [2.24, 2.45) is 0 Å². The molecule has 2 aromatic rings. The van der Waals surface area contributed by atoms with Crippen LogP contribution in [0.2, 0.25) is 0 Å². The summed E-state index contributed by atoms with van der Waals surface area (Å²) in [7, 11) is 0. The third kappa shape index (κ3) is 2.42. The fourth-order valence-corrected chi connectivity index (χ4v) is 2.80. The van der Waals surface area contributed by atoms with Gasteiger partial charge >= 0.3 is 0 Å². The maximum Gasteiger partial charge on any atom is 0.205 e. The molecule has 8 heteroatoms. The molecule has 7 nitrogen and oxygen atoms in total. The van der Waals surface area contributed by atoms with Crippen molar-refractivity contribution in [3.05, 3.63) is 18.5 Å². The molecule has 96 valence electrons. The van der Waals surface area contributed by atoms with Crippen LogP contribution >= 0.6 is 11.5 Å². The van der Waals surface area contributed by atoms with Gasteiger partial charge in [-0.2, -0.15) is 9.16 Å². The number of aryl methyl sites for hydroxylation is 1. The lowest BCUT2D eigenvalue weighted by Crippen LogP contribution is -2.41. The minimum atomic E-state index is 0.442. The molecule has 2 aromatic heterocycles. The van der Waals surface area contributed by atoms with Gasteiger partial charge in [-0.05, 0) is 19.8 Å². The molecule has 0 amide bonds. The van der Waals surface area contributed by atoms with E-state index in [1.54, 1.807) is 11.1 Å². The quantitative estimate of drug-likeness (QED) is 0.878. The van der Waals surface area contributed by atoms with Gasteiger partial charge in [0, 0.05) is 30.7 Å². The first-order valence-electron chi connectivity index (χ1n) is 5.98. The number of rotatable bonds is 3.